The van der Waals surface area contributed by atoms with Gasteiger partial charge >= 0.3 is 12.1 Å². The third kappa shape index (κ3) is 3.65. The molecule has 3 nitrogen and oxygen atoms in total. The van der Waals surface area contributed by atoms with E-state index in [0.29, 0.717) is 10.5 Å². The van der Waals surface area contributed by atoms with Crippen LogP contribution in [0.1, 0.15) is 12.5 Å². The van der Waals surface area contributed by atoms with Crippen LogP contribution in [0.2, 0.25) is 0 Å². The SMILES string of the molecule is C[C@@H](Cc1cccc(O)c1)N(C)C(=O)C(F)(F)F. The van der Waals surface area contributed by atoms with Gasteiger partial charge in [0.25, 0.3) is 0 Å². The van der Waals surface area contributed by atoms with Crippen molar-refractivity contribution in [1.82, 2.24) is 4.90 Å². The van der Waals surface area contributed by atoms with Crippen molar-refractivity contribution in [2.75, 3.05) is 7.05 Å². The lowest BCUT2D eigenvalue weighted by atomic mass is 10.1. The van der Waals surface area contributed by atoms with Gasteiger partial charge in [-0.05, 0) is 31.0 Å². The molecule has 1 rings (SSSR count). The van der Waals surface area contributed by atoms with E-state index in [1.54, 1.807) is 12.1 Å². The fraction of sp³-hybridized carbons (Fsp3) is 0.417. The second-order valence-electron chi connectivity index (χ2n) is 4.14. The summed E-state index contributed by atoms with van der Waals surface area (Å²) >= 11 is 0. The molecule has 100 valence electrons. The van der Waals surface area contributed by atoms with E-state index in [4.69, 9.17) is 0 Å². The van der Waals surface area contributed by atoms with Crippen molar-refractivity contribution in [3.8, 4) is 5.75 Å². The molecule has 0 unspecified atom stereocenters. The molecule has 0 radical (unpaired) electrons. The maximum absolute atomic E-state index is 12.2. The minimum absolute atomic E-state index is 0.0458. The van der Waals surface area contributed by atoms with E-state index < -0.39 is 18.1 Å². The molecule has 1 aromatic rings. The minimum atomic E-state index is -4.86. The molecule has 0 spiro atoms. The molecule has 0 saturated heterocycles. The zero-order valence-corrected chi connectivity index (χ0v) is 10.0. The standard InChI is InChI=1S/C12H14F3NO2/c1-8(16(2)11(18)12(13,14)15)6-9-4-3-5-10(17)7-9/h3-5,7-8,17H,6H2,1-2H3/t8-/m0/s1. The normalized spacial score (nSPS) is 13.2. The molecule has 18 heavy (non-hydrogen) atoms. The summed E-state index contributed by atoms with van der Waals surface area (Å²) < 4.78 is 36.7. The summed E-state index contributed by atoms with van der Waals surface area (Å²) in [6.45, 7) is 1.52. The lowest BCUT2D eigenvalue weighted by Gasteiger charge is -2.25. The second-order valence-corrected chi connectivity index (χ2v) is 4.14. The number of nitrogens with zero attached hydrogens (tertiary/aromatic N) is 1. The Kier molecular flexibility index (Phi) is 4.21. The van der Waals surface area contributed by atoms with E-state index >= 15 is 0 Å². The lowest BCUT2D eigenvalue weighted by molar-refractivity contribution is -0.185. The van der Waals surface area contributed by atoms with Gasteiger partial charge in [-0.2, -0.15) is 13.2 Å². The van der Waals surface area contributed by atoms with Crippen LogP contribution in [0.15, 0.2) is 24.3 Å². The van der Waals surface area contributed by atoms with Crippen LogP contribution >= 0.6 is 0 Å². The van der Waals surface area contributed by atoms with Crippen LogP contribution in [0.5, 0.6) is 5.75 Å². The first-order valence-corrected chi connectivity index (χ1v) is 5.33. The fourth-order valence-corrected chi connectivity index (χ4v) is 1.56. The topological polar surface area (TPSA) is 40.5 Å². The quantitative estimate of drug-likeness (QED) is 0.907. The number of rotatable bonds is 3. The first kappa shape index (κ1) is 14.3. The predicted molar refractivity (Wildman–Crippen MR) is 60.1 cm³/mol. The van der Waals surface area contributed by atoms with Crippen LogP contribution in [0.4, 0.5) is 13.2 Å². The fourth-order valence-electron chi connectivity index (χ4n) is 1.56. The molecule has 0 aliphatic carbocycles. The number of alkyl halides is 3. The van der Waals surface area contributed by atoms with E-state index in [0.717, 1.165) is 7.05 Å². The van der Waals surface area contributed by atoms with Gasteiger partial charge in [0.2, 0.25) is 0 Å². The van der Waals surface area contributed by atoms with Crippen molar-refractivity contribution in [2.45, 2.75) is 25.6 Å². The molecule has 1 amide bonds. The van der Waals surface area contributed by atoms with Gasteiger partial charge in [0.05, 0.1) is 0 Å². The van der Waals surface area contributed by atoms with Gasteiger partial charge in [0.15, 0.2) is 0 Å². The number of hydrogen-bond donors (Lipinski definition) is 1. The van der Waals surface area contributed by atoms with E-state index in [1.807, 2.05) is 0 Å². The van der Waals surface area contributed by atoms with Crippen LogP contribution in [0.25, 0.3) is 0 Å². The van der Waals surface area contributed by atoms with Crippen LogP contribution < -0.4 is 0 Å². The van der Waals surface area contributed by atoms with Crippen molar-refractivity contribution in [3.63, 3.8) is 0 Å². The highest BCUT2D eigenvalue weighted by Crippen LogP contribution is 2.20. The van der Waals surface area contributed by atoms with Crippen molar-refractivity contribution in [3.05, 3.63) is 29.8 Å². The third-order valence-corrected chi connectivity index (χ3v) is 2.67. The Balaban J connectivity index is 2.71. The Bertz CT molecular complexity index is 432. The molecule has 0 aliphatic rings. The summed E-state index contributed by atoms with van der Waals surface area (Å²) in [4.78, 5) is 11.7. The maximum Gasteiger partial charge on any atom is 0.471 e. The molecule has 1 atom stereocenters. The average Bonchev–Trinajstić information content (AvgIpc) is 2.25. The third-order valence-electron chi connectivity index (χ3n) is 2.67. The Morgan fingerprint density at radius 1 is 1.44 bits per heavy atom. The number of carbonyl (C=O) groups is 1. The van der Waals surface area contributed by atoms with Gasteiger partial charge in [-0.3, -0.25) is 4.79 Å². The van der Waals surface area contributed by atoms with Crippen molar-refractivity contribution in [1.29, 1.82) is 0 Å². The molecule has 0 heterocycles. The van der Waals surface area contributed by atoms with Crippen molar-refractivity contribution >= 4 is 5.91 Å². The Morgan fingerprint density at radius 2 is 2.06 bits per heavy atom. The van der Waals surface area contributed by atoms with Crippen LogP contribution in [-0.4, -0.2) is 35.2 Å². The van der Waals surface area contributed by atoms with Gasteiger partial charge in [0.1, 0.15) is 5.75 Å². The summed E-state index contributed by atoms with van der Waals surface area (Å²) in [5, 5.41) is 9.24. The Morgan fingerprint density at radius 3 is 2.56 bits per heavy atom. The van der Waals surface area contributed by atoms with Gasteiger partial charge in [-0.15, -0.1) is 0 Å². The highest BCUT2D eigenvalue weighted by molar-refractivity contribution is 5.81. The molecular formula is C12H14F3NO2. The molecule has 0 saturated carbocycles. The first-order chi connectivity index (χ1) is 8.21. The van der Waals surface area contributed by atoms with Crippen molar-refractivity contribution < 1.29 is 23.1 Å². The second kappa shape index (κ2) is 5.29. The molecule has 0 aromatic heterocycles. The van der Waals surface area contributed by atoms with Gasteiger partial charge in [-0.1, -0.05) is 12.1 Å². The van der Waals surface area contributed by atoms with Gasteiger partial charge < -0.3 is 10.0 Å². The number of phenols is 1. The first-order valence-electron chi connectivity index (χ1n) is 5.33. The minimum Gasteiger partial charge on any atom is -0.508 e. The number of likely N-dealkylation sites (N-methyl/N-ethyl adjacent to an activating group) is 1. The maximum atomic E-state index is 12.2. The van der Waals surface area contributed by atoms with Crippen LogP contribution in [0, 0.1) is 0 Å². The molecule has 0 fully saturated rings. The number of phenolic OH excluding ortho intramolecular Hbond substituents is 1. The van der Waals surface area contributed by atoms with E-state index in [1.165, 1.54) is 19.1 Å². The summed E-state index contributed by atoms with van der Waals surface area (Å²) in [6, 6.07) is 5.60. The van der Waals surface area contributed by atoms with Gasteiger partial charge in [-0.25, -0.2) is 0 Å². The Labute approximate surface area is 103 Å². The lowest BCUT2D eigenvalue weighted by Crippen LogP contribution is -2.44. The summed E-state index contributed by atoms with van der Waals surface area (Å²) in [5.41, 5.74) is 0.671. The van der Waals surface area contributed by atoms with Gasteiger partial charge in [0, 0.05) is 13.1 Å². The molecule has 0 bridgehead atoms. The summed E-state index contributed by atoms with van der Waals surface area (Å²) in [6.07, 6.45) is -4.62. The highest BCUT2D eigenvalue weighted by atomic mass is 19.4. The van der Waals surface area contributed by atoms with E-state index in [9.17, 15) is 23.1 Å². The molecule has 1 N–H and O–H groups in total. The van der Waals surface area contributed by atoms with Crippen molar-refractivity contribution in [2.24, 2.45) is 0 Å². The van der Waals surface area contributed by atoms with Crippen LogP contribution in [0.3, 0.4) is 0 Å². The zero-order chi connectivity index (χ0) is 13.9. The number of halogens is 3. The van der Waals surface area contributed by atoms with E-state index in [-0.39, 0.29) is 12.2 Å². The molecule has 1 aromatic carbocycles. The predicted octanol–water partition coefficient (Wildman–Crippen LogP) is 2.34. The van der Waals surface area contributed by atoms with Crippen LogP contribution in [-0.2, 0) is 11.2 Å². The zero-order valence-electron chi connectivity index (χ0n) is 10.0. The number of benzene rings is 1. The summed E-state index contributed by atoms with van der Waals surface area (Å²) in [7, 11) is 1.11. The monoisotopic (exact) mass is 261 g/mol. The number of amides is 1. The number of aromatic hydroxyl groups is 1. The number of carbonyl (C=O) groups excluding carboxylic acids is 1. The largest absolute Gasteiger partial charge is 0.508 e. The highest BCUT2D eigenvalue weighted by Gasteiger charge is 2.42. The average molecular weight is 261 g/mol. The Hall–Kier alpha value is -1.72. The molecule has 6 heteroatoms. The molecule has 0 aliphatic heterocycles. The number of hydrogen-bond acceptors (Lipinski definition) is 2. The summed E-state index contributed by atoms with van der Waals surface area (Å²) in [5.74, 6) is -1.82. The smallest absolute Gasteiger partial charge is 0.471 e. The molecular weight excluding hydrogens is 247 g/mol. The van der Waals surface area contributed by atoms with E-state index in [2.05, 4.69) is 0 Å².